The number of rotatable bonds is 4. The first-order valence-electron chi connectivity index (χ1n) is 5.03. The summed E-state index contributed by atoms with van der Waals surface area (Å²) in [6.45, 7) is 3.60. The fraction of sp³-hybridized carbons (Fsp3) is 0.500. The van der Waals surface area contributed by atoms with Gasteiger partial charge >= 0.3 is 0 Å². The van der Waals surface area contributed by atoms with E-state index in [9.17, 15) is 9.50 Å². The van der Waals surface area contributed by atoms with Crippen LogP contribution in [0.2, 0.25) is 0 Å². The molecule has 1 unspecified atom stereocenters. The molecular formula is C12H16BrFO2. The Hall–Kier alpha value is -0.450. The minimum atomic E-state index is -0.675. The Morgan fingerprint density at radius 3 is 2.56 bits per heavy atom. The summed E-state index contributed by atoms with van der Waals surface area (Å²) in [7, 11) is 1.55. The lowest BCUT2D eigenvalue weighted by Gasteiger charge is -2.29. The molecule has 0 fully saturated rings. The van der Waals surface area contributed by atoms with E-state index < -0.39 is 11.7 Å². The molecule has 1 aromatic rings. The Bertz CT molecular complexity index is 346. The van der Waals surface area contributed by atoms with Gasteiger partial charge in [0.15, 0.2) is 0 Å². The molecule has 1 aromatic carbocycles. The number of hydrogen-bond donors (Lipinski definition) is 1. The highest BCUT2D eigenvalue weighted by Crippen LogP contribution is 2.21. The second-order valence-electron chi connectivity index (χ2n) is 4.31. The van der Waals surface area contributed by atoms with E-state index in [-0.39, 0.29) is 5.82 Å². The molecule has 0 spiro atoms. The largest absolute Gasteiger partial charge is 0.390 e. The van der Waals surface area contributed by atoms with Gasteiger partial charge in [0.25, 0.3) is 0 Å². The van der Waals surface area contributed by atoms with E-state index in [2.05, 4.69) is 15.9 Å². The van der Waals surface area contributed by atoms with Gasteiger partial charge in [0, 0.05) is 18.0 Å². The first-order valence-corrected chi connectivity index (χ1v) is 5.82. The van der Waals surface area contributed by atoms with Crippen molar-refractivity contribution in [2.45, 2.75) is 32.0 Å². The normalized spacial score (nSPS) is 13.9. The summed E-state index contributed by atoms with van der Waals surface area (Å²) >= 11 is 3.22. The molecular weight excluding hydrogens is 275 g/mol. The molecule has 0 bridgehead atoms. The highest BCUT2D eigenvalue weighted by Gasteiger charge is 2.27. The second kappa shape index (κ2) is 5.25. The lowest BCUT2D eigenvalue weighted by molar-refractivity contribution is -0.0765. The molecule has 1 rings (SSSR count). The molecule has 90 valence electrons. The van der Waals surface area contributed by atoms with Gasteiger partial charge in [-0.25, -0.2) is 4.39 Å². The predicted octanol–water partition coefficient (Wildman–Crippen LogP) is 2.92. The summed E-state index contributed by atoms with van der Waals surface area (Å²) in [4.78, 5) is 0. The molecule has 0 aliphatic heterocycles. The first-order chi connectivity index (χ1) is 7.35. The molecule has 0 saturated carbocycles. The first kappa shape index (κ1) is 13.6. The lowest BCUT2D eigenvalue weighted by Crippen LogP contribution is -2.39. The predicted molar refractivity (Wildman–Crippen MR) is 64.9 cm³/mol. The molecule has 2 nitrogen and oxygen atoms in total. The van der Waals surface area contributed by atoms with E-state index in [1.54, 1.807) is 27.0 Å². The van der Waals surface area contributed by atoms with Crippen LogP contribution in [0.5, 0.6) is 0 Å². The van der Waals surface area contributed by atoms with Crippen LogP contribution in [0.15, 0.2) is 22.7 Å². The summed E-state index contributed by atoms with van der Waals surface area (Å²) in [6.07, 6.45) is -0.316. The number of hydrogen-bond acceptors (Lipinski definition) is 2. The number of benzene rings is 1. The number of aliphatic hydroxyl groups excluding tert-OH is 1. The SMILES string of the molecule is COC(C)(C)C(O)Cc1cc(F)cc(Br)c1. The van der Waals surface area contributed by atoms with Crippen LogP contribution in [-0.2, 0) is 11.2 Å². The highest BCUT2D eigenvalue weighted by molar-refractivity contribution is 9.10. The number of aliphatic hydroxyl groups is 1. The topological polar surface area (TPSA) is 29.5 Å². The highest BCUT2D eigenvalue weighted by atomic mass is 79.9. The van der Waals surface area contributed by atoms with Crippen molar-refractivity contribution in [3.63, 3.8) is 0 Å². The fourth-order valence-corrected chi connectivity index (χ4v) is 1.85. The maximum atomic E-state index is 13.1. The van der Waals surface area contributed by atoms with E-state index in [0.29, 0.717) is 10.9 Å². The Labute approximate surface area is 104 Å². The maximum absolute atomic E-state index is 13.1. The van der Waals surface area contributed by atoms with Crippen molar-refractivity contribution in [1.29, 1.82) is 0 Å². The Balaban J connectivity index is 2.80. The molecule has 0 aliphatic rings. The Morgan fingerprint density at radius 2 is 2.06 bits per heavy atom. The van der Waals surface area contributed by atoms with Crippen LogP contribution in [0, 0.1) is 5.82 Å². The zero-order valence-corrected chi connectivity index (χ0v) is 11.2. The average molecular weight is 291 g/mol. The standard InChI is InChI=1S/C12H16BrFO2/c1-12(2,16-3)11(15)6-8-4-9(13)7-10(14)5-8/h4-5,7,11,15H,6H2,1-3H3. The van der Waals surface area contributed by atoms with Gasteiger partial charge in [0.1, 0.15) is 5.82 Å². The van der Waals surface area contributed by atoms with Crippen molar-refractivity contribution >= 4 is 15.9 Å². The van der Waals surface area contributed by atoms with Crippen molar-refractivity contribution in [3.8, 4) is 0 Å². The van der Waals surface area contributed by atoms with Crippen molar-refractivity contribution in [1.82, 2.24) is 0 Å². The van der Waals surface area contributed by atoms with Crippen LogP contribution in [0.1, 0.15) is 19.4 Å². The van der Waals surface area contributed by atoms with Gasteiger partial charge in [0.05, 0.1) is 11.7 Å². The summed E-state index contributed by atoms with van der Waals surface area (Å²) in [5.41, 5.74) is 0.100. The third-order valence-electron chi connectivity index (χ3n) is 2.68. The molecule has 16 heavy (non-hydrogen) atoms. The summed E-state index contributed by atoms with van der Waals surface area (Å²) in [5, 5.41) is 9.95. The average Bonchev–Trinajstić information content (AvgIpc) is 2.15. The van der Waals surface area contributed by atoms with Crippen molar-refractivity contribution in [2.75, 3.05) is 7.11 Å². The molecule has 0 amide bonds. The van der Waals surface area contributed by atoms with Gasteiger partial charge in [-0.05, 0) is 37.6 Å². The second-order valence-corrected chi connectivity index (χ2v) is 5.22. The van der Waals surface area contributed by atoms with Crippen molar-refractivity contribution in [2.24, 2.45) is 0 Å². The van der Waals surface area contributed by atoms with Crippen LogP contribution >= 0.6 is 15.9 Å². The minimum Gasteiger partial charge on any atom is -0.390 e. The van der Waals surface area contributed by atoms with Gasteiger partial charge < -0.3 is 9.84 Å². The fourth-order valence-electron chi connectivity index (χ4n) is 1.33. The summed E-state index contributed by atoms with van der Waals surface area (Å²) < 4.78 is 19.0. The van der Waals surface area contributed by atoms with Crippen LogP contribution in [0.4, 0.5) is 4.39 Å². The van der Waals surface area contributed by atoms with Gasteiger partial charge in [-0.1, -0.05) is 15.9 Å². The molecule has 0 radical (unpaired) electrons. The van der Waals surface area contributed by atoms with E-state index in [1.807, 2.05) is 0 Å². The third kappa shape index (κ3) is 3.54. The maximum Gasteiger partial charge on any atom is 0.124 e. The molecule has 0 aliphatic carbocycles. The molecule has 0 saturated heterocycles. The van der Waals surface area contributed by atoms with Gasteiger partial charge in [-0.15, -0.1) is 0 Å². The minimum absolute atomic E-state index is 0.313. The van der Waals surface area contributed by atoms with E-state index >= 15 is 0 Å². The number of ether oxygens (including phenoxy) is 1. The van der Waals surface area contributed by atoms with Crippen molar-refractivity contribution in [3.05, 3.63) is 34.1 Å². The number of halogens is 2. The molecule has 0 heterocycles. The number of methoxy groups -OCH3 is 1. The van der Waals surface area contributed by atoms with E-state index in [1.165, 1.54) is 12.1 Å². The zero-order valence-electron chi connectivity index (χ0n) is 9.63. The quantitative estimate of drug-likeness (QED) is 0.924. The monoisotopic (exact) mass is 290 g/mol. The summed E-state index contributed by atoms with van der Waals surface area (Å²) in [5.74, 6) is -0.313. The van der Waals surface area contributed by atoms with Gasteiger partial charge in [-0.2, -0.15) is 0 Å². The van der Waals surface area contributed by atoms with Crippen LogP contribution in [-0.4, -0.2) is 23.9 Å². The van der Waals surface area contributed by atoms with Gasteiger partial charge in [0.2, 0.25) is 0 Å². The lowest BCUT2D eigenvalue weighted by atomic mass is 9.95. The van der Waals surface area contributed by atoms with Gasteiger partial charge in [-0.3, -0.25) is 0 Å². The van der Waals surface area contributed by atoms with Crippen LogP contribution < -0.4 is 0 Å². The Kier molecular flexibility index (Phi) is 4.47. The van der Waals surface area contributed by atoms with E-state index in [0.717, 1.165) is 5.56 Å². The smallest absolute Gasteiger partial charge is 0.124 e. The molecule has 0 aromatic heterocycles. The van der Waals surface area contributed by atoms with Crippen LogP contribution in [0.25, 0.3) is 0 Å². The molecule has 1 atom stereocenters. The molecule has 1 N–H and O–H groups in total. The Morgan fingerprint density at radius 1 is 1.44 bits per heavy atom. The van der Waals surface area contributed by atoms with E-state index in [4.69, 9.17) is 4.74 Å². The van der Waals surface area contributed by atoms with Crippen LogP contribution in [0.3, 0.4) is 0 Å². The zero-order chi connectivity index (χ0) is 12.3. The summed E-state index contributed by atoms with van der Waals surface area (Å²) in [6, 6.07) is 4.59. The van der Waals surface area contributed by atoms with Crippen molar-refractivity contribution < 1.29 is 14.2 Å². The third-order valence-corrected chi connectivity index (χ3v) is 3.14. The molecule has 4 heteroatoms.